The van der Waals surface area contributed by atoms with Gasteiger partial charge in [0.2, 0.25) is 0 Å². The van der Waals surface area contributed by atoms with Crippen molar-refractivity contribution in [3.8, 4) is 17.2 Å². The number of hydrogen-bond donors (Lipinski definition) is 0. The van der Waals surface area contributed by atoms with E-state index < -0.39 is 8.32 Å². The summed E-state index contributed by atoms with van der Waals surface area (Å²) in [6.45, 7) is 11.3. The Labute approximate surface area is 189 Å². The average Bonchev–Trinajstić information content (AvgIpc) is 2.69. The zero-order chi connectivity index (χ0) is 22.1. The zero-order valence-corrected chi connectivity index (χ0v) is 21.4. The Morgan fingerprint density at radius 3 is 2.17 bits per heavy atom. The van der Waals surface area contributed by atoms with E-state index in [9.17, 15) is 0 Å². The van der Waals surface area contributed by atoms with Gasteiger partial charge in [0.1, 0.15) is 18.0 Å². The van der Waals surface area contributed by atoms with Crippen molar-refractivity contribution in [2.24, 2.45) is 0 Å². The van der Waals surface area contributed by atoms with Gasteiger partial charge in [-0.3, -0.25) is 0 Å². The van der Waals surface area contributed by atoms with Crippen LogP contribution in [0.2, 0.25) is 18.1 Å². The van der Waals surface area contributed by atoms with Crippen LogP contribution in [0.3, 0.4) is 0 Å². The van der Waals surface area contributed by atoms with E-state index in [0.717, 1.165) is 21.3 Å². The molecule has 0 radical (unpaired) electrons. The smallest absolute Gasteiger partial charge is 0.193 e. The second-order valence-corrected chi connectivity index (χ2v) is 14.6. The summed E-state index contributed by atoms with van der Waals surface area (Å²) in [5, 5.41) is 0.0722. The van der Waals surface area contributed by atoms with Crippen LogP contribution >= 0.6 is 15.9 Å². The second-order valence-electron chi connectivity index (χ2n) is 9.01. The molecule has 0 heterocycles. The SMILES string of the molecule is COc1cc2c(cc1OC)[C@@H](O[Si](C)(C)C(C)(C)C)[C@H](Oc1ccccc1Br)C=C2. The number of halogens is 1. The first-order valence-corrected chi connectivity index (χ1v) is 13.8. The van der Waals surface area contributed by atoms with E-state index in [1.165, 1.54) is 0 Å². The molecule has 0 aromatic heterocycles. The van der Waals surface area contributed by atoms with Crippen molar-refractivity contribution in [3.63, 3.8) is 0 Å². The van der Waals surface area contributed by atoms with Gasteiger partial charge in [-0.05, 0) is 75.5 Å². The monoisotopic (exact) mass is 490 g/mol. The van der Waals surface area contributed by atoms with Gasteiger partial charge in [-0.2, -0.15) is 0 Å². The summed E-state index contributed by atoms with van der Waals surface area (Å²) >= 11 is 3.59. The first-order valence-electron chi connectivity index (χ1n) is 10.1. The van der Waals surface area contributed by atoms with Crippen molar-refractivity contribution in [1.29, 1.82) is 0 Å². The number of benzene rings is 2. The Morgan fingerprint density at radius 2 is 1.57 bits per heavy atom. The van der Waals surface area contributed by atoms with Crippen molar-refractivity contribution < 1.29 is 18.6 Å². The maximum Gasteiger partial charge on any atom is 0.193 e. The fourth-order valence-electron chi connectivity index (χ4n) is 3.19. The van der Waals surface area contributed by atoms with Crippen LogP contribution in [-0.2, 0) is 4.43 Å². The van der Waals surface area contributed by atoms with Crippen molar-refractivity contribution in [1.82, 2.24) is 0 Å². The lowest BCUT2D eigenvalue weighted by molar-refractivity contribution is 0.0697. The Morgan fingerprint density at radius 1 is 0.933 bits per heavy atom. The van der Waals surface area contributed by atoms with Crippen LogP contribution in [0.15, 0.2) is 46.9 Å². The summed E-state index contributed by atoms with van der Waals surface area (Å²) < 4.78 is 25.4. The van der Waals surface area contributed by atoms with Crippen molar-refractivity contribution in [2.75, 3.05) is 14.2 Å². The molecule has 162 valence electrons. The van der Waals surface area contributed by atoms with Crippen molar-refractivity contribution >= 4 is 30.3 Å². The lowest BCUT2D eigenvalue weighted by Gasteiger charge is -2.42. The molecule has 6 heteroatoms. The van der Waals surface area contributed by atoms with Gasteiger partial charge in [-0.1, -0.05) is 39.0 Å². The third kappa shape index (κ3) is 4.61. The molecule has 1 aliphatic carbocycles. The molecule has 2 atom stereocenters. The molecule has 2 aromatic rings. The highest BCUT2D eigenvalue weighted by Gasteiger charge is 2.43. The highest BCUT2D eigenvalue weighted by atomic mass is 79.9. The molecule has 0 unspecified atom stereocenters. The van der Waals surface area contributed by atoms with Gasteiger partial charge < -0.3 is 18.6 Å². The standard InChI is InChI=1S/C24H31BrO4Si/c1-24(2,3)30(6,7)29-23-17-15-22(27-5)21(26-4)14-16(17)12-13-20(23)28-19-11-9-8-10-18(19)25/h8-15,20,23H,1-7H3/t20-,23-/m1/s1. The second kappa shape index (κ2) is 8.77. The van der Waals surface area contributed by atoms with E-state index in [4.69, 9.17) is 18.6 Å². The molecule has 0 fully saturated rings. The number of para-hydroxylation sites is 1. The van der Waals surface area contributed by atoms with Crippen LogP contribution in [0, 0.1) is 0 Å². The molecule has 0 N–H and O–H groups in total. The number of hydrogen-bond acceptors (Lipinski definition) is 4. The highest BCUT2D eigenvalue weighted by molar-refractivity contribution is 9.10. The Bertz CT molecular complexity index is 933. The van der Waals surface area contributed by atoms with Crippen LogP contribution in [0.4, 0.5) is 0 Å². The van der Waals surface area contributed by atoms with Crippen LogP contribution < -0.4 is 14.2 Å². The number of rotatable bonds is 6. The fourth-order valence-corrected chi connectivity index (χ4v) is 4.82. The van der Waals surface area contributed by atoms with Gasteiger partial charge in [-0.15, -0.1) is 0 Å². The molecule has 0 saturated heterocycles. The number of ether oxygens (including phenoxy) is 3. The van der Waals surface area contributed by atoms with E-state index in [-0.39, 0.29) is 17.2 Å². The molecule has 0 aliphatic heterocycles. The van der Waals surface area contributed by atoms with Gasteiger partial charge in [0.25, 0.3) is 0 Å². The summed E-state index contributed by atoms with van der Waals surface area (Å²) in [5.74, 6) is 2.19. The summed E-state index contributed by atoms with van der Waals surface area (Å²) in [7, 11) is 1.23. The Balaban J connectivity index is 2.07. The fraction of sp³-hybridized carbons (Fsp3) is 0.417. The molecule has 1 aliphatic rings. The zero-order valence-electron chi connectivity index (χ0n) is 18.8. The normalized spacial score (nSPS) is 18.7. The van der Waals surface area contributed by atoms with Crippen LogP contribution in [-0.4, -0.2) is 28.6 Å². The van der Waals surface area contributed by atoms with Gasteiger partial charge in [0, 0.05) is 0 Å². The predicted molar refractivity (Wildman–Crippen MR) is 128 cm³/mol. The van der Waals surface area contributed by atoms with Crippen molar-refractivity contribution in [3.05, 3.63) is 58.1 Å². The molecule has 0 bridgehead atoms. The average molecular weight is 491 g/mol. The quantitative estimate of drug-likeness (QED) is 0.408. The Hall–Kier alpha value is -1.76. The first kappa shape index (κ1) is 22.9. The molecule has 30 heavy (non-hydrogen) atoms. The minimum Gasteiger partial charge on any atom is -0.493 e. The third-order valence-corrected chi connectivity index (χ3v) is 11.1. The van der Waals surface area contributed by atoms with Gasteiger partial charge in [0.15, 0.2) is 19.8 Å². The van der Waals surface area contributed by atoms with Crippen LogP contribution in [0.5, 0.6) is 17.2 Å². The van der Waals surface area contributed by atoms with Crippen LogP contribution in [0.25, 0.3) is 6.08 Å². The molecule has 0 spiro atoms. The molecule has 0 saturated carbocycles. The van der Waals surface area contributed by atoms with Crippen molar-refractivity contribution in [2.45, 2.75) is 51.1 Å². The number of fused-ring (bicyclic) bond motifs is 1. The summed E-state index contributed by atoms with van der Waals surface area (Å²) in [5.41, 5.74) is 2.11. The molecule has 0 amide bonds. The first-order chi connectivity index (χ1) is 14.1. The topological polar surface area (TPSA) is 36.9 Å². The summed E-state index contributed by atoms with van der Waals surface area (Å²) in [6, 6.07) is 11.9. The number of methoxy groups -OCH3 is 2. The van der Waals surface area contributed by atoms with Gasteiger partial charge >= 0.3 is 0 Å². The van der Waals surface area contributed by atoms with Gasteiger partial charge in [0.05, 0.1) is 18.7 Å². The lowest BCUT2D eigenvalue weighted by Crippen LogP contribution is -2.45. The van der Waals surface area contributed by atoms with Crippen LogP contribution in [0.1, 0.15) is 38.0 Å². The maximum atomic E-state index is 6.92. The maximum absolute atomic E-state index is 6.92. The molecular weight excluding hydrogens is 460 g/mol. The van der Waals surface area contributed by atoms with E-state index in [1.807, 2.05) is 36.4 Å². The van der Waals surface area contributed by atoms with E-state index in [2.05, 4.69) is 61.9 Å². The summed E-state index contributed by atoms with van der Waals surface area (Å²) in [6.07, 6.45) is 3.64. The van der Waals surface area contributed by atoms with E-state index >= 15 is 0 Å². The molecular formula is C24H31BrO4Si. The highest BCUT2D eigenvalue weighted by Crippen LogP contribution is 2.45. The molecule has 4 nitrogen and oxygen atoms in total. The minimum absolute atomic E-state index is 0.0722. The summed E-state index contributed by atoms with van der Waals surface area (Å²) in [4.78, 5) is 0. The van der Waals surface area contributed by atoms with Gasteiger partial charge in [-0.25, -0.2) is 0 Å². The Kier molecular flexibility index (Phi) is 6.70. The lowest BCUT2D eigenvalue weighted by atomic mass is 9.92. The molecule has 3 rings (SSSR count). The van der Waals surface area contributed by atoms with E-state index in [1.54, 1.807) is 14.2 Å². The minimum atomic E-state index is -2.08. The van der Waals surface area contributed by atoms with E-state index in [0.29, 0.717) is 11.5 Å². The third-order valence-electron chi connectivity index (χ3n) is 5.99. The predicted octanol–water partition coefficient (Wildman–Crippen LogP) is 7.00. The molecule has 2 aromatic carbocycles. The largest absolute Gasteiger partial charge is 0.493 e.